The first-order valence-corrected chi connectivity index (χ1v) is 6.66. The van der Waals surface area contributed by atoms with Crippen molar-refractivity contribution in [3.63, 3.8) is 0 Å². The van der Waals surface area contributed by atoms with Crippen molar-refractivity contribution < 1.29 is 9.53 Å². The summed E-state index contributed by atoms with van der Waals surface area (Å²) in [7, 11) is 0. The van der Waals surface area contributed by atoms with Crippen LogP contribution in [-0.2, 0) is 4.74 Å². The van der Waals surface area contributed by atoms with Crippen LogP contribution in [0.4, 0.5) is 0 Å². The average molecular weight is 266 g/mol. The molecule has 3 N–H and O–H groups in total. The van der Waals surface area contributed by atoms with Gasteiger partial charge in [0.05, 0.1) is 22.9 Å². The van der Waals surface area contributed by atoms with Crippen molar-refractivity contribution >= 4 is 17.2 Å². The summed E-state index contributed by atoms with van der Waals surface area (Å²) >= 11 is 1.39. The third-order valence-corrected chi connectivity index (χ3v) is 3.33. The molecule has 0 radical (unpaired) electrons. The molecular weight excluding hydrogens is 248 g/mol. The number of aryl methyl sites for hydroxylation is 1. The van der Waals surface area contributed by atoms with Gasteiger partial charge in [-0.1, -0.05) is 11.8 Å². The molecule has 0 saturated heterocycles. The van der Waals surface area contributed by atoms with Crippen LogP contribution in [0.15, 0.2) is 6.07 Å². The van der Waals surface area contributed by atoms with E-state index < -0.39 is 0 Å². The summed E-state index contributed by atoms with van der Waals surface area (Å²) in [5.41, 5.74) is 6.34. The van der Waals surface area contributed by atoms with Gasteiger partial charge in [-0.05, 0) is 25.5 Å². The molecule has 1 aromatic heterocycles. The summed E-state index contributed by atoms with van der Waals surface area (Å²) in [4.78, 5) is 13.4. The molecule has 0 saturated carbocycles. The van der Waals surface area contributed by atoms with Crippen LogP contribution in [0.2, 0.25) is 0 Å². The highest BCUT2D eigenvalue weighted by Crippen LogP contribution is 2.20. The smallest absolute Gasteiger partial charge is 0.261 e. The van der Waals surface area contributed by atoms with Crippen molar-refractivity contribution in [2.24, 2.45) is 5.73 Å². The lowest BCUT2D eigenvalue weighted by molar-refractivity contribution is 0.0926. The first kappa shape index (κ1) is 14.7. The van der Waals surface area contributed by atoms with Crippen LogP contribution in [-0.4, -0.2) is 32.2 Å². The quantitative estimate of drug-likeness (QED) is 0.620. The molecule has 0 aliphatic rings. The second kappa shape index (κ2) is 7.88. The summed E-state index contributed by atoms with van der Waals surface area (Å²) in [6.45, 7) is 5.90. The molecule has 0 unspecified atom stereocenters. The lowest BCUT2D eigenvalue weighted by Gasteiger charge is -2.02. The second-order valence-electron chi connectivity index (χ2n) is 3.58. The molecule has 98 valence electrons. The van der Waals surface area contributed by atoms with E-state index in [9.17, 15) is 4.79 Å². The highest BCUT2D eigenvalue weighted by Gasteiger charge is 2.10. The molecule has 1 amide bonds. The number of carbonyl (C=O) groups excluding carboxylic acids is 1. The van der Waals surface area contributed by atoms with Crippen LogP contribution in [0, 0.1) is 18.8 Å². The first-order chi connectivity index (χ1) is 8.69. The zero-order chi connectivity index (χ0) is 13.4. The lowest BCUT2D eigenvalue weighted by atomic mass is 10.2. The Hall–Kier alpha value is -1.35. The highest BCUT2D eigenvalue weighted by atomic mass is 32.1. The van der Waals surface area contributed by atoms with Gasteiger partial charge in [-0.2, -0.15) is 0 Å². The number of ether oxygens (including phenoxy) is 1. The van der Waals surface area contributed by atoms with E-state index in [2.05, 4.69) is 17.2 Å². The number of nitrogens with one attached hydrogen (secondary N) is 1. The van der Waals surface area contributed by atoms with Gasteiger partial charge in [0.1, 0.15) is 0 Å². The fourth-order valence-corrected chi connectivity index (χ4v) is 2.28. The van der Waals surface area contributed by atoms with Crippen LogP contribution in [0.25, 0.3) is 0 Å². The van der Waals surface area contributed by atoms with Crippen LogP contribution in [0.1, 0.15) is 27.0 Å². The van der Waals surface area contributed by atoms with Crippen molar-refractivity contribution in [2.75, 3.05) is 26.3 Å². The maximum Gasteiger partial charge on any atom is 0.261 e. The van der Waals surface area contributed by atoms with Crippen molar-refractivity contribution in [3.05, 3.63) is 21.4 Å². The van der Waals surface area contributed by atoms with E-state index in [1.165, 1.54) is 11.3 Å². The van der Waals surface area contributed by atoms with Gasteiger partial charge in [0, 0.05) is 13.2 Å². The van der Waals surface area contributed by atoms with Crippen LogP contribution in [0.3, 0.4) is 0 Å². The van der Waals surface area contributed by atoms with Crippen LogP contribution < -0.4 is 11.1 Å². The Morgan fingerprint density at radius 2 is 2.39 bits per heavy atom. The monoisotopic (exact) mass is 266 g/mol. The van der Waals surface area contributed by atoms with Gasteiger partial charge >= 0.3 is 0 Å². The van der Waals surface area contributed by atoms with Gasteiger partial charge in [-0.25, -0.2) is 0 Å². The summed E-state index contributed by atoms with van der Waals surface area (Å²) < 4.78 is 5.15. The molecule has 0 bridgehead atoms. The fourth-order valence-electron chi connectivity index (χ4n) is 1.32. The molecule has 4 nitrogen and oxygen atoms in total. The highest BCUT2D eigenvalue weighted by molar-refractivity contribution is 7.14. The SMILES string of the molecule is CCOCCNC(=O)c1cc(C)c(C#CCN)s1. The molecule has 5 heteroatoms. The van der Waals surface area contributed by atoms with Crippen molar-refractivity contribution in [2.45, 2.75) is 13.8 Å². The van der Waals surface area contributed by atoms with Crippen molar-refractivity contribution in [1.29, 1.82) is 0 Å². The molecule has 18 heavy (non-hydrogen) atoms. The molecule has 0 aromatic carbocycles. The zero-order valence-corrected chi connectivity index (χ0v) is 11.5. The van der Waals surface area contributed by atoms with Crippen molar-refractivity contribution in [3.8, 4) is 11.8 Å². The summed E-state index contributed by atoms with van der Waals surface area (Å²) in [5, 5.41) is 2.80. The van der Waals surface area contributed by atoms with E-state index >= 15 is 0 Å². The predicted octanol–water partition coefficient (Wildman–Crippen LogP) is 1.13. The Labute approximate surface area is 112 Å². The van der Waals surface area contributed by atoms with Gasteiger partial charge in [0.25, 0.3) is 5.91 Å². The van der Waals surface area contributed by atoms with Crippen molar-refractivity contribution in [1.82, 2.24) is 5.32 Å². The third kappa shape index (κ3) is 4.49. The molecule has 0 aliphatic carbocycles. The molecule has 1 aromatic rings. The number of amides is 1. The zero-order valence-electron chi connectivity index (χ0n) is 10.7. The molecule has 1 heterocycles. The molecule has 0 fully saturated rings. The third-order valence-electron chi connectivity index (χ3n) is 2.18. The fraction of sp³-hybridized carbons (Fsp3) is 0.462. The standard InChI is InChI=1S/C13H18N2O2S/c1-3-17-8-7-15-13(16)12-9-10(2)11(18-12)5-4-6-14/h9H,3,6-8,14H2,1-2H3,(H,15,16). The number of rotatable bonds is 5. The van der Waals surface area contributed by atoms with E-state index in [0.29, 0.717) is 31.2 Å². The van der Waals surface area contributed by atoms with E-state index in [0.717, 1.165) is 10.4 Å². The van der Waals surface area contributed by atoms with Gasteiger partial charge in [-0.3, -0.25) is 4.79 Å². The minimum absolute atomic E-state index is 0.0800. The van der Waals surface area contributed by atoms with E-state index in [4.69, 9.17) is 10.5 Å². The summed E-state index contributed by atoms with van der Waals surface area (Å²) in [6, 6.07) is 1.85. The normalized spacial score (nSPS) is 9.72. The number of nitrogens with two attached hydrogens (primary N) is 1. The minimum atomic E-state index is -0.0800. The van der Waals surface area contributed by atoms with E-state index in [-0.39, 0.29) is 5.91 Å². The Kier molecular flexibility index (Phi) is 6.44. The van der Waals surface area contributed by atoms with Gasteiger partial charge in [0.15, 0.2) is 0 Å². The summed E-state index contributed by atoms with van der Waals surface area (Å²) in [6.07, 6.45) is 0. The van der Waals surface area contributed by atoms with Gasteiger partial charge < -0.3 is 15.8 Å². The molecular formula is C13H18N2O2S. The Morgan fingerprint density at radius 1 is 1.61 bits per heavy atom. The number of hydrogen-bond acceptors (Lipinski definition) is 4. The predicted molar refractivity (Wildman–Crippen MR) is 73.8 cm³/mol. The topological polar surface area (TPSA) is 64.3 Å². The lowest BCUT2D eigenvalue weighted by Crippen LogP contribution is -2.26. The second-order valence-corrected chi connectivity index (χ2v) is 4.63. The summed E-state index contributed by atoms with van der Waals surface area (Å²) in [5.74, 6) is 5.68. The van der Waals surface area contributed by atoms with Crippen LogP contribution in [0.5, 0.6) is 0 Å². The maximum atomic E-state index is 11.8. The van der Waals surface area contributed by atoms with E-state index in [1.807, 2.05) is 19.9 Å². The average Bonchev–Trinajstić information content (AvgIpc) is 2.73. The number of thiophene rings is 1. The molecule has 1 rings (SSSR count). The first-order valence-electron chi connectivity index (χ1n) is 5.84. The molecule has 0 aliphatic heterocycles. The van der Waals surface area contributed by atoms with Gasteiger partial charge in [0.2, 0.25) is 0 Å². The Bertz CT molecular complexity index is 457. The number of carbonyl (C=O) groups is 1. The maximum absolute atomic E-state index is 11.8. The molecule has 0 atom stereocenters. The Balaban J connectivity index is 2.58. The van der Waals surface area contributed by atoms with Crippen LogP contribution >= 0.6 is 11.3 Å². The molecule has 0 spiro atoms. The van der Waals surface area contributed by atoms with Gasteiger partial charge in [-0.15, -0.1) is 11.3 Å². The number of hydrogen-bond donors (Lipinski definition) is 2. The largest absolute Gasteiger partial charge is 0.380 e. The Morgan fingerprint density at radius 3 is 3.06 bits per heavy atom. The minimum Gasteiger partial charge on any atom is -0.380 e. The van der Waals surface area contributed by atoms with E-state index in [1.54, 1.807) is 0 Å².